The highest BCUT2D eigenvalue weighted by Gasteiger charge is 2.25. The predicted molar refractivity (Wildman–Crippen MR) is 111 cm³/mol. The lowest BCUT2D eigenvalue weighted by molar-refractivity contribution is 0.296. The second-order valence-electron chi connectivity index (χ2n) is 7.37. The first-order valence-corrected chi connectivity index (χ1v) is 10.4. The van der Waals surface area contributed by atoms with Crippen LogP contribution in [0.4, 0.5) is 15.9 Å². The van der Waals surface area contributed by atoms with Gasteiger partial charge in [0.15, 0.2) is 5.82 Å². The molecule has 0 bridgehead atoms. The lowest BCUT2D eigenvalue weighted by Crippen LogP contribution is -2.43. The molecule has 11 heteroatoms. The van der Waals surface area contributed by atoms with E-state index in [1.54, 1.807) is 0 Å². The molecule has 1 saturated heterocycles. The summed E-state index contributed by atoms with van der Waals surface area (Å²) in [5.74, 6) is 1.62. The number of anilines is 2. The Hall–Kier alpha value is -2.49. The monoisotopic (exact) mass is 449 g/mol. The molecule has 30 heavy (non-hydrogen) atoms. The summed E-state index contributed by atoms with van der Waals surface area (Å²) in [6, 6.07) is 4.61. The summed E-state index contributed by atoms with van der Waals surface area (Å²) in [5.41, 5.74) is 1.82. The van der Waals surface area contributed by atoms with Crippen molar-refractivity contribution in [1.29, 1.82) is 0 Å². The van der Waals surface area contributed by atoms with E-state index in [4.69, 9.17) is 27.7 Å². The Morgan fingerprint density at radius 3 is 2.90 bits per heavy atom. The summed E-state index contributed by atoms with van der Waals surface area (Å²) in [6.45, 7) is 3.58. The molecule has 156 valence electrons. The van der Waals surface area contributed by atoms with Crippen molar-refractivity contribution >= 4 is 34.7 Å². The number of nitrogens with one attached hydrogen (secondary N) is 2. The van der Waals surface area contributed by atoms with E-state index >= 15 is 0 Å². The molecular formula is C19H18Cl2FN7O. The van der Waals surface area contributed by atoms with Crippen molar-refractivity contribution in [3.05, 3.63) is 45.5 Å². The first-order valence-electron chi connectivity index (χ1n) is 9.61. The number of aromatic nitrogens is 4. The summed E-state index contributed by atoms with van der Waals surface area (Å²) < 4.78 is 19.3. The molecule has 2 N–H and O–H groups in total. The zero-order valence-corrected chi connectivity index (χ0v) is 17.3. The molecular weight excluding hydrogens is 432 g/mol. The largest absolute Gasteiger partial charge is 0.365 e. The van der Waals surface area contributed by atoms with Gasteiger partial charge in [0.1, 0.15) is 11.5 Å². The molecule has 5 rings (SSSR count). The van der Waals surface area contributed by atoms with E-state index in [1.165, 1.54) is 12.1 Å². The molecule has 0 saturated carbocycles. The van der Waals surface area contributed by atoms with Crippen LogP contribution >= 0.6 is 23.2 Å². The first-order chi connectivity index (χ1) is 14.6. The van der Waals surface area contributed by atoms with Gasteiger partial charge in [0, 0.05) is 36.6 Å². The highest BCUT2D eigenvalue weighted by Crippen LogP contribution is 2.34. The fourth-order valence-electron chi connectivity index (χ4n) is 3.54. The molecule has 0 aliphatic carbocycles. The number of nitrogens with zero attached hydrogens (tertiary/aromatic N) is 5. The number of rotatable bonds is 5. The molecule has 3 aromatic rings. The molecule has 4 heterocycles. The highest BCUT2D eigenvalue weighted by molar-refractivity contribution is 6.36. The van der Waals surface area contributed by atoms with Gasteiger partial charge in [-0.2, -0.15) is 4.98 Å². The van der Waals surface area contributed by atoms with Gasteiger partial charge in [-0.1, -0.05) is 28.4 Å². The van der Waals surface area contributed by atoms with Crippen molar-refractivity contribution in [3.63, 3.8) is 0 Å². The zero-order valence-electron chi connectivity index (χ0n) is 15.8. The quantitative estimate of drug-likeness (QED) is 0.573. The highest BCUT2D eigenvalue weighted by atomic mass is 35.5. The van der Waals surface area contributed by atoms with Crippen LogP contribution in [-0.4, -0.2) is 46.5 Å². The zero-order chi connectivity index (χ0) is 20.7. The molecule has 0 amide bonds. The first kappa shape index (κ1) is 19.5. The average Bonchev–Trinajstić information content (AvgIpc) is 3.19. The standard InChI is InChI=1S/C19H18Cl2FN7O/c20-12-1-2-13(22)17(21)11(12)9-29-4-3-24-19-15(29)6-14(26-27-19)18-25-16(30-28-18)5-10-7-23-8-10/h1-2,6,10,23H,3-5,7-9H2,(H,24,27). The number of halogens is 3. The number of benzene rings is 1. The van der Waals surface area contributed by atoms with Crippen molar-refractivity contribution in [3.8, 4) is 11.5 Å². The molecule has 8 nitrogen and oxygen atoms in total. The van der Waals surface area contributed by atoms with Gasteiger partial charge < -0.3 is 20.1 Å². The smallest absolute Gasteiger partial charge is 0.227 e. The molecule has 0 atom stereocenters. The van der Waals surface area contributed by atoms with E-state index in [1.807, 2.05) is 11.0 Å². The Labute approximate surface area is 181 Å². The van der Waals surface area contributed by atoms with Gasteiger partial charge in [0.25, 0.3) is 0 Å². The summed E-state index contributed by atoms with van der Waals surface area (Å²) in [6.07, 6.45) is 0.739. The van der Waals surface area contributed by atoms with Crippen LogP contribution in [0.5, 0.6) is 0 Å². The third-order valence-electron chi connectivity index (χ3n) is 5.30. The number of hydrogen-bond donors (Lipinski definition) is 2. The molecule has 2 aromatic heterocycles. The lowest BCUT2D eigenvalue weighted by atomic mass is 10.00. The minimum absolute atomic E-state index is 0.0260. The van der Waals surface area contributed by atoms with Crippen LogP contribution in [0.15, 0.2) is 22.7 Å². The number of fused-ring (bicyclic) bond motifs is 1. The second kappa shape index (κ2) is 7.98. The van der Waals surface area contributed by atoms with Gasteiger partial charge in [-0.3, -0.25) is 0 Å². The normalized spacial score (nSPS) is 16.2. The van der Waals surface area contributed by atoms with Crippen LogP contribution in [-0.2, 0) is 13.0 Å². The van der Waals surface area contributed by atoms with Gasteiger partial charge in [-0.25, -0.2) is 4.39 Å². The van der Waals surface area contributed by atoms with Crippen molar-refractivity contribution in [2.45, 2.75) is 13.0 Å². The van der Waals surface area contributed by atoms with E-state index in [0.717, 1.165) is 25.2 Å². The molecule has 0 radical (unpaired) electrons. The third kappa shape index (κ3) is 3.68. The molecule has 1 aromatic carbocycles. The van der Waals surface area contributed by atoms with Crippen molar-refractivity contribution in [2.75, 3.05) is 36.4 Å². The van der Waals surface area contributed by atoms with E-state index < -0.39 is 5.82 Å². The van der Waals surface area contributed by atoms with Crippen LogP contribution in [0.25, 0.3) is 11.5 Å². The molecule has 2 aliphatic heterocycles. The van der Waals surface area contributed by atoms with Gasteiger partial charge in [0.05, 0.1) is 10.7 Å². The summed E-state index contributed by atoms with van der Waals surface area (Å²) in [5, 5.41) is 19.4. The van der Waals surface area contributed by atoms with Crippen LogP contribution in [0.1, 0.15) is 11.5 Å². The topological polar surface area (TPSA) is 92.0 Å². The summed E-state index contributed by atoms with van der Waals surface area (Å²) in [4.78, 5) is 6.49. The summed E-state index contributed by atoms with van der Waals surface area (Å²) in [7, 11) is 0. The van der Waals surface area contributed by atoms with Crippen molar-refractivity contribution < 1.29 is 8.91 Å². The van der Waals surface area contributed by atoms with E-state index in [-0.39, 0.29) is 5.02 Å². The van der Waals surface area contributed by atoms with Crippen LogP contribution in [0.2, 0.25) is 10.0 Å². The molecule has 1 fully saturated rings. The van der Waals surface area contributed by atoms with Crippen LogP contribution < -0.4 is 15.5 Å². The Kier molecular flexibility index (Phi) is 5.18. The van der Waals surface area contributed by atoms with E-state index in [2.05, 4.69) is 31.0 Å². The lowest BCUT2D eigenvalue weighted by Gasteiger charge is -2.31. The Morgan fingerprint density at radius 2 is 2.10 bits per heavy atom. The maximum Gasteiger partial charge on any atom is 0.227 e. The fraction of sp³-hybridized carbons (Fsp3) is 0.368. The minimum Gasteiger partial charge on any atom is -0.365 e. The number of hydrogen-bond acceptors (Lipinski definition) is 8. The van der Waals surface area contributed by atoms with E-state index in [9.17, 15) is 4.39 Å². The second-order valence-corrected chi connectivity index (χ2v) is 8.16. The fourth-order valence-corrected chi connectivity index (χ4v) is 4.03. The maximum absolute atomic E-state index is 13.9. The average molecular weight is 450 g/mol. The Morgan fingerprint density at radius 1 is 1.23 bits per heavy atom. The van der Waals surface area contributed by atoms with Gasteiger partial charge >= 0.3 is 0 Å². The minimum atomic E-state index is -0.499. The molecule has 0 unspecified atom stereocenters. The Balaban J connectivity index is 1.43. The molecule has 2 aliphatic rings. The third-order valence-corrected chi connectivity index (χ3v) is 6.07. The van der Waals surface area contributed by atoms with Crippen molar-refractivity contribution in [1.82, 2.24) is 25.7 Å². The van der Waals surface area contributed by atoms with Gasteiger partial charge in [-0.15, -0.1) is 10.2 Å². The van der Waals surface area contributed by atoms with Crippen LogP contribution in [0, 0.1) is 11.7 Å². The predicted octanol–water partition coefficient (Wildman–Crippen LogP) is 3.17. The van der Waals surface area contributed by atoms with Crippen molar-refractivity contribution in [2.24, 2.45) is 5.92 Å². The SMILES string of the molecule is Fc1ccc(Cl)c(CN2CCNc3nnc(-c4noc(CC5CNC5)n4)cc32)c1Cl. The van der Waals surface area contributed by atoms with Gasteiger partial charge in [-0.05, 0) is 37.2 Å². The molecule has 0 spiro atoms. The van der Waals surface area contributed by atoms with E-state index in [0.29, 0.717) is 59.4 Å². The van der Waals surface area contributed by atoms with Gasteiger partial charge in [0.2, 0.25) is 11.7 Å². The summed E-state index contributed by atoms with van der Waals surface area (Å²) >= 11 is 12.4. The maximum atomic E-state index is 13.9. The Bertz CT molecular complexity index is 1090. The van der Waals surface area contributed by atoms with Crippen LogP contribution in [0.3, 0.4) is 0 Å².